The Labute approximate surface area is 97.6 Å². The third-order valence-corrected chi connectivity index (χ3v) is 4.10. The van der Waals surface area contributed by atoms with Gasteiger partial charge in [0.1, 0.15) is 7.85 Å². The summed E-state index contributed by atoms with van der Waals surface area (Å²) in [6.45, 7) is 4.90. The second-order valence-corrected chi connectivity index (χ2v) is 6.47. The molecule has 0 heterocycles. The smallest absolute Gasteiger partial charge is 0.0669 e. The van der Waals surface area contributed by atoms with Gasteiger partial charge in [0, 0.05) is 0 Å². The van der Waals surface area contributed by atoms with Gasteiger partial charge >= 0.3 is 0 Å². The molecule has 0 bridgehead atoms. The van der Waals surface area contributed by atoms with E-state index in [4.69, 9.17) is 0 Å². The van der Waals surface area contributed by atoms with E-state index in [0.717, 1.165) is 5.92 Å². The van der Waals surface area contributed by atoms with Gasteiger partial charge in [-0.25, -0.2) is 0 Å². The van der Waals surface area contributed by atoms with Gasteiger partial charge in [0.25, 0.3) is 0 Å². The van der Waals surface area contributed by atoms with Crippen LogP contribution in [0.25, 0.3) is 0 Å². The lowest BCUT2D eigenvalue weighted by Gasteiger charge is -2.26. The maximum atomic E-state index is 2.46. The summed E-state index contributed by atoms with van der Waals surface area (Å²) in [6, 6.07) is 0. The topological polar surface area (TPSA) is 0 Å². The summed E-state index contributed by atoms with van der Waals surface area (Å²) in [4.78, 5) is 0. The van der Waals surface area contributed by atoms with Gasteiger partial charge < -0.3 is 0 Å². The van der Waals surface area contributed by atoms with Crippen molar-refractivity contribution < 1.29 is 0 Å². The highest BCUT2D eigenvalue weighted by molar-refractivity contribution is 6.14. The maximum Gasteiger partial charge on any atom is 0.109 e. The van der Waals surface area contributed by atoms with E-state index in [1.54, 1.807) is 0 Å². The minimum Gasteiger partial charge on any atom is -0.0669 e. The first-order valence-electron chi connectivity index (χ1n) is 7.10. The highest BCUT2D eigenvalue weighted by Gasteiger charge is 2.17. The molecule has 0 aliphatic heterocycles. The van der Waals surface area contributed by atoms with Crippen LogP contribution >= 0.6 is 0 Å². The molecule has 0 aromatic carbocycles. The van der Waals surface area contributed by atoms with Crippen LogP contribution in [0.2, 0.25) is 5.31 Å². The number of hydrogen-bond acceptors (Lipinski definition) is 0. The number of rotatable bonds is 0. The van der Waals surface area contributed by atoms with Crippen molar-refractivity contribution in [1.29, 1.82) is 0 Å². The van der Waals surface area contributed by atoms with E-state index in [9.17, 15) is 0 Å². The van der Waals surface area contributed by atoms with E-state index < -0.39 is 0 Å². The summed E-state index contributed by atoms with van der Waals surface area (Å²) in [5.74, 6) is 0.972. The molecule has 0 spiro atoms. The molecule has 1 aliphatic rings. The molecule has 0 radical (unpaired) electrons. The fourth-order valence-corrected chi connectivity index (χ4v) is 2.83. The van der Waals surface area contributed by atoms with Gasteiger partial charge in [-0.2, -0.15) is 0 Å². The molecule has 0 aromatic rings. The van der Waals surface area contributed by atoms with Crippen LogP contribution in [-0.2, 0) is 0 Å². The van der Waals surface area contributed by atoms with Crippen molar-refractivity contribution in [2.24, 2.45) is 5.92 Å². The zero-order valence-corrected chi connectivity index (χ0v) is 11.1. The second kappa shape index (κ2) is 6.61. The minimum absolute atomic E-state index is 0.610. The Bertz CT molecular complexity index is 163. The van der Waals surface area contributed by atoms with Crippen LogP contribution in [0.4, 0.5) is 0 Å². The van der Waals surface area contributed by atoms with Crippen molar-refractivity contribution in [3.05, 3.63) is 0 Å². The van der Waals surface area contributed by atoms with Gasteiger partial charge in [-0.15, -0.1) is 0 Å². The van der Waals surface area contributed by atoms with Crippen molar-refractivity contribution in [1.82, 2.24) is 0 Å². The van der Waals surface area contributed by atoms with E-state index in [2.05, 4.69) is 21.7 Å². The van der Waals surface area contributed by atoms with Gasteiger partial charge in [-0.05, 0) is 5.92 Å². The molecule has 0 N–H and O–H groups in total. The Morgan fingerprint density at radius 1 is 0.867 bits per heavy atom. The predicted molar refractivity (Wildman–Crippen MR) is 72.2 cm³/mol. The van der Waals surface area contributed by atoms with Crippen LogP contribution in [0.3, 0.4) is 0 Å². The molecule has 0 amide bonds. The lowest BCUT2D eigenvalue weighted by Crippen LogP contribution is -2.09. The molecule has 1 heteroatoms. The van der Waals surface area contributed by atoms with Crippen molar-refractivity contribution in [3.8, 4) is 0 Å². The standard InChI is InChI=1S/C14H29B/c1-13-9-6-4-3-5-7-11-14(2,15)12-8-10-13/h13H,3-12,15H2,1-2H3. The molecule has 0 aromatic heterocycles. The Kier molecular flexibility index (Phi) is 5.78. The van der Waals surface area contributed by atoms with Crippen molar-refractivity contribution >= 4 is 7.85 Å². The zero-order valence-electron chi connectivity index (χ0n) is 11.1. The molecular formula is C14H29B. The van der Waals surface area contributed by atoms with Gasteiger partial charge in [-0.3, -0.25) is 0 Å². The molecule has 0 nitrogen and oxygen atoms in total. The quantitative estimate of drug-likeness (QED) is 0.519. The molecule has 15 heavy (non-hydrogen) atoms. The molecular weight excluding hydrogens is 179 g/mol. The van der Waals surface area contributed by atoms with Gasteiger partial charge in [-0.1, -0.05) is 83.4 Å². The average molecular weight is 208 g/mol. The SMILES string of the molecule is BC1(C)CCCCCCCC(C)CCC1. The largest absolute Gasteiger partial charge is 0.109 e. The van der Waals surface area contributed by atoms with Gasteiger partial charge in [0.05, 0.1) is 0 Å². The van der Waals surface area contributed by atoms with Crippen LogP contribution in [0.5, 0.6) is 0 Å². The van der Waals surface area contributed by atoms with E-state index in [0.29, 0.717) is 5.31 Å². The van der Waals surface area contributed by atoms with Gasteiger partial charge in [0.15, 0.2) is 0 Å². The predicted octanol–water partition coefficient (Wildman–Crippen LogP) is 4.35. The first-order chi connectivity index (χ1) is 7.10. The summed E-state index contributed by atoms with van der Waals surface area (Å²) in [6.07, 6.45) is 14.6. The van der Waals surface area contributed by atoms with Crippen molar-refractivity contribution in [2.75, 3.05) is 0 Å². The van der Waals surface area contributed by atoms with E-state index in [1.807, 2.05) is 0 Å². The maximum absolute atomic E-state index is 2.46. The van der Waals surface area contributed by atoms with E-state index in [1.165, 1.54) is 64.2 Å². The third kappa shape index (κ3) is 6.27. The Morgan fingerprint density at radius 3 is 2.20 bits per heavy atom. The Balaban J connectivity index is 2.33. The van der Waals surface area contributed by atoms with Crippen molar-refractivity contribution in [2.45, 2.75) is 83.4 Å². The summed E-state index contributed by atoms with van der Waals surface area (Å²) in [7, 11) is 2.46. The van der Waals surface area contributed by atoms with Gasteiger partial charge in [0.2, 0.25) is 0 Å². The molecule has 1 fully saturated rings. The molecule has 1 saturated carbocycles. The average Bonchev–Trinajstić information content (AvgIpc) is 2.14. The fourth-order valence-electron chi connectivity index (χ4n) is 2.83. The highest BCUT2D eigenvalue weighted by Crippen LogP contribution is 2.35. The molecule has 2 atom stereocenters. The second-order valence-electron chi connectivity index (χ2n) is 6.47. The summed E-state index contributed by atoms with van der Waals surface area (Å²) < 4.78 is 0. The molecule has 2 unspecified atom stereocenters. The molecule has 1 rings (SSSR count). The van der Waals surface area contributed by atoms with Crippen LogP contribution in [-0.4, -0.2) is 7.85 Å². The third-order valence-electron chi connectivity index (χ3n) is 4.10. The van der Waals surface area contributed by atoms with E-state index in [-0.39, 0.29) is 0 Å². The van der Waals surface area contributed by atoms with E-state index >= 15 is 0 Å². The molecule has 88 valence electrons. The molecule has 1 aliphatic carbocycles. The molecule has 0 saturated heterocycles. The zero-order chi connectivity index (χ0) is 11.1. The van der Waals surface area contributed by atoms with Crippen LogP contribution in [0.1, 0.15) is 78.1 Å². The first kappa shape index (κ1) is 13.1. The fraction of sp³-hybridized carbons (Fsp3) is 1.00. The Morgan fingerprint density at radius 2 is 1.40 bits per heavy atom. The summed E-state index contributed by atoms with van der Waals surface area (Å²) in [5, 5.41) is 0.610. The minimum atomic E-state index is 0.610. The highest BCUT2D eigenvalue weighted by atomic mass is 14.2. The van der Waals surface area contributed by atoms with Crippen molar-refractivity contribution in [3.63, 3.8) is 0 Å². The van der Waals surface area contributed by atoms with Crippen LogP contribution < -0.4 is 0 Å². The summed E-state index contributed by atoms with van der Waals surface area (Å²) in [5.41, 5.74) is 0. The Hall–Kier alpha value is 0.0649. The summed E-state index contributed by atoms with van der Waals surface area (Å²) >= 11 is 0. The monoisotopic (exact) mass is 208 g/mol. The lowest BCUT2D eigenvalue weighted by atomic mass is 9.64. The normalized spacial score (nSPS) is 36.5. The van der Waals surface area contributed by atoms with Crippen LogP contribution in [0, 0.1) is 5.92 Å². The number of hydrogen-bond donors (Lipinski definition) is 0. The van der Waals surface area contributed by atoms with Crippen LogP contribution in [0.15, 0.2) is 0 Å². The lowest BCUT2D eigenvalue weighted by molar-refractivity contribution is 0.388. The first-order valence-corrected chi connectivity index (χ1v) is 7.10.